The van der Waals surface area contributed by atoms with E-state index in [0.717, 1.165) is 19.3 Å². The van der Waals surface area contributed by atoms with Gasteiger partial charge in [0.25, 0.3) is 0 Å². The maximum Gasteiger partial charge on any atom is 0.410 e. The molecule has 0 spiro atoms. The highest BCUT2D eigenvalue weighted by atomic mass is 16.6. The number of nitrogens with zero attached hydrogens (tertiary/aromatic N) is 1. The number of ether oxygens (including phenoxy) is 1. The van der Waals surface area contributed by atoms with Crippen LogP contribution in [0.15, 0.2) is 0 Å². The van der Waals surface area contributed by atoms with Crippen molar-refractivity contribution in [3.63, 3.8) is 0 Å². The zero-order valence-corrected chi connectivity index (χ0v) is 12.5. The second-order valence-corrected chi connectivity index (χ2v) is 5.98. The molecule has 0 saturated carbocycles. The van der Waals surface area contributed by atoms with Crippen LogP contribution in [0.4, 0.5) is 4.79 Å². The van der Waals surface area contributed by atoms with Crippen molar-refractivity contribution in [3.8, 4) is 0 Å². The molecule has 0 aliphatic carbocycles. The molecular weight excluding hydrogens is 244 g/mol. The first-order chi connectivity index (χ1) is 8.83. The summed E-state index contributed by atoms with van der Waals surface area (Å²) in [6.07, 6.45) is 3.20. The minimum atomic E-state index is -0.480. The first kappa shape index (κ1) is 15.8. The largest absolute Gasteiger partial charge is 0.444 e. The molecule has 1 aliphatic rings. The van der Waals surface area contributed by atoms with Crippen molar-refractivity contribution in [2.75, 3.05) is 13.1 Å². The zero-order valence-electron chi connectivity index (χ0n) is 12.5. The lowest BCUT2D eigenvalue weighted by Gasteiger charge is -2.36. The average molecular weight is 270 g/mol. The lowest BCUT2D eigenvalue weighted by molar-refractivity contribution is -0.121. The van der Waals surface area contributed by atoms with Crippen LogP contribution in [0.1, 0.15) is 53.4 Å². The Hall–Kier alpha value is -1.26. The second kappa shape index (κ2) is 6.78. The SMILES string of the molecule is CCC(=O)NCC1CCCCN1C(=O)OC(C)(C)C. The Labute approximate surface area is 115 Å². The van der Waals surface area contributed by atoms with Crippen LogP contribution in [-0.2, 0) is 9.53 Å². The summed E-state index contributed by atoms with van der Waals surface area (Å²) in [6.45, 7) is 8.64. The minimum Gasteiger partial charge on any atom is -0.444 e. The van der Waals surface area contributed by atoms with Gasteiger partial charge in [0.15, 0.2) is 0 Å². The van der Waals surface area contributed by atoms with Crippen LogP contribution in [0.5, 0.6) is 0 Å². The Kier molecular flexibility index (Phi) is 5.63. The van der Waals surface area contributed by atoms with E-state index in [9.17, 15) is 9.59 Å². The third-order valence-corrected chi connectivity index (χ3v) is 3.11. The van der Waals surface area contributed by atoms with E-state index in [1.54, 1.807) is 4.90 Å². The molecule has 5 nitrogen and oxygen atoms in total. The Morgan fingerprint density at radius 3 is 2.58 bits per heavy atom. The van der Waals surface area contributed by atoms with Gasteiger partial charge < -0.3 is 15.0 Å². The molecule has 1 heterocycles. The smallest absolute Gasteiger partial charge is 0.410 e. The van der Waals surface area contributed by atoms with Gasteiger partial charge in [0.05, 0.1) is 6.04 Å². The van der Waals surface area contributed by atoms with Crippen molar-refractivity contribution in [1.29, 1.82) is 0 Å². The molecule has 0 radical (unpaired) electrons. The van der Waals surface area contributed by atoms with E-state index in [-0.39, 0.29) is 18.0 Å². The van der Waals surface area contributed by atoms with E-state index < -0.39 is 5.60 Å². The summed E-state index contributed by atoms with van der Waals surface area (Å²) in [5, 5.41) is 2.86. The molecule has 1 rings (SSSR count). The minimum absolute atomic E-state index is 0.0229. The summed E-state index contributed by atoms with van der Waals surface area (Å²) in [6, 6.07) is 0.0547. The summed E-state index contributed by atoms with van der Waals surface area (Å²) < 4.78 is 5.41. The third-order valence-electron chi connectivity index (χ3n) is 3.11. The van der Waals surface area contributed by atoms with Gasteiger partial charge in [-0.25, -0.2) is 4.79 Å². The van der Waals surface area contributed by atoms with Crippen molar-refractivity contribution in [2.24, 2.45) is 0 Å². The van der Waals surface area contributed by atoms with Crippen LogP contribution in [0.25, 0.3) is 0 Å². The molecule has 1 N–H and O–H groups in total. The van der Waals surface area contributed by atoms with E-state index in [0.29, 0.717) is 19.5 Å². The van der Waals surface area contributed by atoms with Gasteiger partial charge >= 0.3 is 6.09 Å². The number of carbonyl (C=O) groups excluding carboxylic acids is 2. The highest BCUT2D eigenvalue weighted by molar-refractivity contribution is 5.75. The highest BCUT2D eigenvalue weighted by Crippen LogP contribution is 2.20. The van der Waals surface area contributed by atoms with E-state index in [1.165, 1.54) is 0 Å². The number of carbonyl (C=O) groups is 2. The number of hydrogen-bond donors (Lipinski definition) is 1. The topological polar surface area (TPSA) is 58.6 Å². The Bertz CT molecular complexity index is 323. The number of hydrogen-bond acceptors (Lipinski definition) is 3. The zero-order chi connectivity index (χ0) is 14.5. The van der Waals surface area contributed by atoms with Crippen LogP contribution < -0.4 is 5.32 Å². The molecule has 110 valence electrons. The second-order valence-electron chi connectivity index (χ2n) is 5.98. The summed E-state index contributed by atoms with van der Waals surface area (Å²) in [7, 11) is 0. The molecule has 1 aliphatic heterocycles. The maximum absolute atomic E-state index is 12.1. The van der Waals surface area contributed by atoms with E-state index in [1.807, 2.05) is 27.7 Å². The van der Waals surface area contributed by atoms with Gasteiger partial charge in [0.2, 0.25) is 5.91 Å². The molecule has 1 fully saturated rings. The summed E-state index contributed by atoms with van der Waals surface area (Å²) >= 11 is 0. The molecule has 1 saturated heterocycles. The Morgan fingerprint density at radius 1 is 1.32 bits per heavy atom. The van der Waals surface area contributed by atoms with Crippen molar-refractivity contribution in [3.05, 3.63) is 0 Å². The van der Waals surface area contributed by atoms with Gasteiger partial charge in [-0.05, 0) is 40.0 Å². The van der Waals surface area contributed by atoms with E-state index in [2.05, 4.69) is 5.32 Å². The predicted octanol–water partition coefficient (Wildman–Crippen LogP) is 2.30. The predicted molar refractivity (Wildman–Crippen MR) is 73.9 cm³/mol. The molecule has 0 aromatic heterocycles. The van der Waals surface area contributed by atoms with Crippen LogP contribution >= 0.6 is 0 Å². The van der Waals surface area contributed by atoms with Crippen LogP contribution in [-0.4, -0.2) is 41.6 Å². The van der Waals surface area contributed by atoms with Crippen molar-refractivity contribution in [2.45, 2.75) is 65.0 Å². The van der Waals surface area contributed by atoms with E-state index >= 15 is 0 Å². The average Bonchev–Trinajstić information content (AvgIpc) is 2.34. The van der Waals surface area contributed by atoms with Crippen LogP contribution in [0.2, 0.25) is 0 Å². The van der Waals surface area contributed by atoms with Gasteiger partial charge in [-0.1, -0.05) is 6.92 Å². The van der Waals surface area contributed by atoms with Gasteiger partial charge in [0.1, 0.15) is 5.60 Å². The molecule has 2 amide bonds. The third kappa shape index (κ3) is 5.49. The number of amides is 2. The molecule has 1 atom stereocenters. The standard InChI is InChI=1S/C14H26N2O3/c1-5-12(17)15-10-11-8-6-7-9-16(11)13(18)19-14(2,3)4/h11H,5-10H2,1-4H3,(H,15,17). The summed E-state index contributed by atoms with van der Waals surface area (Å²) in [5.41, 5.74) is -0.480. The van der Waals surface area contributed by atoms with Crippen molar-refractivity contribution >= 4 is 12.0 Å². The number of rotatable bonds is 3. The molecular formula is C14H26N2O3. The number of likely N-dealkylation sites (tertiary alicyclic amines) is 1. The normalized spacial score (nSPS) is 20.0. The number of nitrogens with one attached hydrogen (secondary N) is 1. The van der Waals surface area contributed by atoms with Crippen molar-refractivity contribution < 1.29 is 14.3 Å². The molecule has 0 bridgehead atoms. The van der Waals surface area contributed by atoms with Crippen LogP contribution in [0.3, 0.4) is 0 Å². The summed E-state index contributed by atoms with van der Waals surface area (Å²) in [4.78, 5) is 25.2. The first-order valence-corrected chi connectivity index (χ1v) is 7.10. The Balaban J connectivity index is 2.56. The van der Waals surface area contributed by atoms with E-state index in [4.69, 9.17) is 4.74 Å². The summed E-state index contributed by atoms with van der Waals surface area (Å²) in [5.74, 6) is 0.0229. The van der Waals surface area contributed by atoms with Gasteiger partial charge in [-0.3, -0.25) is 4.79 Å². The van der Waals surface area contributed by atoms with Gasteiger partial charge in [-0.2, -0.15) is 0 Å². The maximum atomic E-state index is 12.1. The highest BCUT2D eigenvalue weighted by Gasteiger charge is 2.30. The Morgan fingerprint density at radius 2 is 2.00 bits per heavy atom. The molecule has 1 unspecified atom stereocenters. The molecule has 19 heavy (non-hydrogen) atoms. The monoisotopic (exact) mass is 270 g/mol. The van der Waals surface area contributed by atoms with Crippen LogP contribution in [0, 0.1) is 0 Å². The van der Waals surface area contributed by atoms with Crippen molar-refractivity contribution in [1.82, 2.24) is 10.2 Å². The van der Waals surface area contributed by atoms with Gasteiger partial charge in [-0.15, -0.1) is 0 Å². The fourth-order valence-electron chi connectivity index (χ4n) is 2.13. The first-order valence-electron chi connectivity index (χ1n) is 7.10. The molecule has 0 aromatic carbocycles. The lowest BCUT2D eigenvalue weighted by Crippen LogP contribution is -2.50. The number of piperidine rings is 1. The quantitative estimate of drug-likeness (QED) is 0.856. The fourth-order valence-corrected chi connectivity index (χ4v) is 2.13. The lowest BCUT2D eigenvalue weighted by atomic mass is 10.0. The van der Waals surface area contributed by atoms with Gasteiger partial charge in [0, 0.05) is 19.5 Å². The molecule has 5 heteroatoms. The molecule has 0 aromatic rings. The fraction of sp³-hybridized carbons (Fsp3) is 0.857.